The molecule has 0 saturated carbocycles. The van der Waals surface area contributed by atoms with Gasteiger partial charge in [0.2, 0.25) is 0 Å². The molecule has 2 aromatic rings. The standard InChI is InChI=1S/C13H17N3/c1-2-16-5-3-10-7-12-13(15-9-14-12)8-11(10)4-6-16/h7-9H,2-6H2,1H3,(H,14,15). The summed E-state index contributed by atoms with van der Waals surface area (Å²) < 4.78 is 0. The lowest BCUT2D eigenvalue weighted by atomic mass is 10.0. The Kier molecular flexibility index (Phi) is 2.40. The Morgan fingerprint density at radius 2 is 2.00 bits per heavy atom. The fourth-order valence-electron chi connectivity index (χ4n) is 2.52. The number of imidazole rings is 1. The van der Waals surface area contributed by atoms with Gasteiger partial charge in [0.05, 0.1) is 17.4 Å². The fourth-order valence-corrected chi connectivity index (χ4v) is 2.52. The molecule has 1 aliphatic rings. The maximum atomic E-state index is 4.33. The summed E-state index contributed by atoms with van der Waals surface area (Å²) >= 11 is 0. The third-order valence-corrected chi connectivity index (χ3v) is 3.58. The molecule has 3 nitrogen and oxygen atoms in total. The van der Waals surface area contributed by atoms with E-state index < -0.39 is 0 Å². The molecule has 1 aromatic carbocycles. The number of aromatic nitrogens is 2. The monoisotopic (exact) mass is 215 g/mol. The molecule has 0 amide bonds. The predicted octanol–water partition coefficient (Wildman–Crippen LogP) is 1.98. The maximum absolute atomic E-state index is 4.33. The van der Waals surface area contributed by atoms with Crippen LogP contribution < -0.4 is 0 Å². The Balaban J connectivity index is 2.00. The molecular weight excluding hydrogens is 198 g/mol. The lowest BCUT2D eigenvalue weighted by Gasteiger charge is -2.16. The number of aromatic amines is 1. The number of H-pyrrole nitrogens is 1. The largest absolute Gasteiger partial charge is 0.345 e. The highest BCUT2D eigenvalue weighted by molar-refractivity contribution is 5.76. The number of fused-ring (bicyclic) bond motifs is 2. The van der Waals surface area contributed by atoms with E-state index in [1.54, 1.807) is 6.33 Å². The van der Waals surface area contributed by atoms with Gasteiger partial charge in [-0.15, -0.1) is 0 Å². The second-order valence-corrected chi connectivity index (χ2v) is 4.47. The fraction of sp³-hybridized carbons (Fsp3) is 0.462. The Morgan fingerprint density at radius 1 is 1.25 bits per heavy atom. The molecule has 0 aliphatic carbocycles. The normalized spacial score (nSPS) is 17.3. The zero-order valence-corrected chi connectivity index (χ0v) is 9.66. The van der Waals surface area contributed by atoms with Crippen molar-refractivity contribution in [2.24, 2.45) is 0 Å². The third kappa shape index (κ3) is 1.61. The SMILES string of the molecule is CCN1CCc2cc3nc[nH]c3cc2CC1. The van der Waals surface area contributed by atoms with Crippen LogP contribution in [0.15, 0.2) is 18.5 Å². The summed E-state index contributed by atoms with van der Waals surface area (Å²) in [7, 11) is 0. The number of nitrogens with one attached hydrogen (secondary N) is 1. The number of likely N-dealkylation sites (N-methyl/N-ethyl adjacent to an activating group) is 1. The first-order chi connectivity index (χ1) is 7.86. The van der Waals surface area contributed by atoms with Crippen molar-refractivity contribution in [2.75, 3.05) is 19.6 Å². The van der Waals surface area contributed by atoms with Crippen molar-refractivity contribution in [1.29, 1.82) is 0 Å². The number of benzene rings is 1. The number of hydrogen-bond acceptors (Lipinski definition) is 2. The van der Waals surface area contributed by atoms with Gasteiger partial charge in [-0.25, -0.2) is 4.98 Å². The lowest BCUT2D eigenvalue weighted by molar-refractivity contribution is 0.303. The van der Waals surface area contributed by atoms with Gasteiger partial charge in [-0.3, -0.25) is 0 Å². The van der Waals surface area contributed by atoms with Crippen LogP contribution in [-0.4, -0.2) is 34.5 Å². The summed E-state index contributed by atoms with van der Waals surface area (Å²) in [6, 6.07) is 4.52. The minimum atomic E-state index is 1.10. The van der Waals surface area contributed by atoms with Crippen LogP contribution in [0, 0.1) is 0 Å². The Hall–Kier alpha value is -1.35. The molecule has 2 heterocycles. The van der Waals surface area contributed by atoms with E-state index in [9.17, 15) is 0 Å². The Labute approximate surface area is 95.5 Å². The highest BCUT2D eigenvalue weighted by Crippen LogP contribution is 2.21. The van der Waals surface area contributed by atoms with Gasteiger partial charge in [-0.1, -0.05) is 6.92 Å². The number of hydrogen-bond donors (Lipinski definition) is 1. The minimum absolute atomic E-state index is 1.10. The highest BCUT2D eigenvalue weighted by atomic mass is 15.1. The van der Waals surface area contributed by atoms with Gasteiger partial charge in [0.25, 0.3) is 0 Å². The summed E-state index contributed by atoms with van der Waals surface area (Å²) in [5.74, 6) is 0. The lowest BCUT2D eigenvalue weighted by Crippen LogP contribution is -2.25. The van der Waals surface area contributed by atoms with Gasteiger partial charge in [-0.05, 0) is 42.6 Å². The van der Waals surface area contributed by atoms with Gasteiger partial charge in [0.15, 0.2) is 0 Å². The third-order valence-electron chi connectivity index (χ3n) is 3.58. The molecular formula is C13H17N3. The van der Waals surface area contributed by atoms with Crippen LogP contribution in [0.25, 0.3) is 11.0 Å². The van der Waals surface area contributed by atoms with E-state index in [4.69, 9.17) is 0 Å². The van der Waals surface area contributed by atoms with E-state index in [1.807, 2.05) is 0 Å². The van der Waals surface area contributed by atoms with Crippen LogP contribution >= 0.6 is 0 Å². The first kappa shape index (κ1) is 9.85. The van der Waals surface area contributed by atoms with Crippen LogP contribution in [0.5, 0.6) is 0 Å². The summed E-state index contributed by atoms with van der Waals surface area (Å²) in [6.07, 6.45) is 4.10. The average Bonchev–Trinajstić information content (AvgIpc) is 2.66. The first-order valence-electron chi connectivity index (χ1n) is 6.04. The second kappa shape index (κ2) is 3.91. The van der Waals surface area contributed by atoms with Gasteiger partial charge < -0.3 is 9.88 Å². The molecule has 0 atom stereocenters. The van der Waals surface area contributed by atoms with Crippen LogP contribution in [0.2, 0.25) is 0 Å². The van der Waals surface area contributed by atoms with Gasteiger partial charge >= 0.3 is 0 Å². The molecule has 1 aliphatic heterocycles. The summed E-state index contributed by atoms with van der Waals surface area (Å²) in [4.78, 5) is 10.0. The van der Waals surface area contributed by atoms with E-state index in [2.05, 4.69) is 33.9 Å². The van der Waals surface area contributed by atoms with E-state index >= 15 is 0 Å². The maximum Gasteiger partial charge on any atom is 0.0931 e. The number of rotatable bonds is 1. The van der Waals surface area contributed by atoms with E-state index in [0.717, 1.165) is 24.9 Å². The smallest absolute Gasteiger partial charge is 0.0931 e. The highest BCUT2D eigenvalue weighted by Gasteiger charge is 2.13. The summed E-state index contributed by atoms with van der Waals surface area (Å²) in [5.41, 5.74) is 5.25. The summed E-state index contributed by atoms with van der Waals surface area (Å²) in [6.45, 7) is 5.76. The molecule has 0 unspecified atom stereocenters. The molecule has 84 valence electrons. The van der Waals surface area contributed by atoms with Crippen LogP contribution in [0.3, 0.4) is 0 Å². The van der Waals surface area contributed by atoms with Crippen molar-refractivity contribution in [3.05, 3.63) is 29.6 Å². The Morgan fingerprint density at radius 3 is 2.75 bits per heavy atom. The van der Waals surface area contributed by atoms with Crippen molar-refractivity contribution in [1.82, 2.24) is 14.9 Å². The molecule has 0 spiro atoms. The first-order valence-corrected chi connectivity index (χ1v) is 6.04. The predicted molar refractivity (Wildman–Crippen MR) is 65.6 cm³/mol. The van der Waals surface area contributed by atoms with Gasteiger partial charge in [-0.2, -0.15) is 0 Å². The molecule has 16 heavy (non-hydrogen) atoms. The zero-order valence-electron chi connectivity index (χ0n) is 9.66. The van der Waals surface area contributed by atoms with Crippen molar-refractivity contribution in [2.45, 2.75) is 19.8 Å². The van der Waals surface area contributed by atoms with E-state index in [-0.39, 0.29) is 0 Å². The van der Waals surface area contributed by atoms with E-state index in [0.29, 0.717) is 0 Å². The van der Waals surface area contributed by atoms with Crippen molar-refractivity contribution >= 4 is 11.0 Å². The van der Waals surface area contributed by atoms with Crippen LogP contribution in [-0.2, 0) is 12.8 Å². The minimum Gasteiger partial charge on any atom is -0.345 e. The van der Waals surface area contributed by atoms with Crippen molar-refractivity contribution in [3.8, 4) is 0 Å². The van der Waals surface area contributed by atoms with Gasteiger partial charge in [0, 0.05) is 13.1 Å². The van der Waals surface area contributed by atoms with Crippen LogP contribution in [0.4, 0.5) is 0 Å². The van der Waals surface area contributed by atoms with E-state index in [1.165, 1.54) is 29.7 Å². The Bertz CT molecular complexity index is 459. The molecule has 3 rings (SSSR count). The molecule has 0 saturated heterocycles. The summed E-state index contributed by atoms with van der Waals surface area (Å²) in [5, 5.41) is 0. The average molecular weight is 215 g/mol. The molecule has 1 N–H and O–H groups in total. The topological polar surface area (TPSA) is 31.9 Å². The number of nitrogens with zero attached hydrogens (tertiary/aromatic N) is 2. The van der Waals surface area contributed by atoms with Crippen molar-refractivity contribution < 1.29 is 0 Å². The molecule has 3 heteroatoms. The van der Waals surface area contributed by atoms with Crippen molar-refractivity contribution in [3.63, 3.8) is 0 Å². The second-order valence-electron chi connectivity index (χ2n) is 4.47. The zero-order chi connectivity index (χ0) is 11.0. The molecule has 0 fully saturated rings. The van der Waals surface area contributed by atoms with Crippen LogP contribution in [0.1, 0.15) is 18.1 Å². The molecule has 0 radical (unpaired) electrons. The molecule has 0 bridgehead atoms. The quantitative estimate of drug-likeness (QED) is 0.789. The van der Waals surface area contributed by atoms with Gasteiger partial charge in [0.1, 0.15) is 0 Å². The molecule has 1 aromatic heterocycles.